The molecular formula is C18H29ClN2O2. The van der Waals surface area contributed by atoms with E-state index >= 15 is 0 Å². The van der Waals surface area contributed by atoms with Crippen LogP contribution < -0.4 is 15.4 Å². The quantitative estimate of drug-likeness (QED) is 0.764. The SMILES string of the molecule is CCCOc1cc(C)ccc1CNC(=O)CCC1CCNC1.Cl. The van der Waals surface area contributed by atoms with Crippen molar-refractivity contribution in [3.8, 4) is 5.75 Å². The molecular weight excluding hydrogens is 312 g/mol. The van der Waals surface area contributed by atoms with Crippen molar-refractivity contribution in [1.82, 2.24) is 10.6 Å². The number of aryl methyl sites for hydroxylation is 1. The number of carbonyl (C=O) groups is 1. The highest BCUT2D eigenvalue weighted by molar-refractivity contribution is 5.85. The predicted molar refractivity (Wildman–Crippen MR) is 96.3 cm³/mol. The van der Waals surface area contributed by atoms with E-state index in [1.54, 1.807) is 0 Å². The maximum atomic E-state index is 12.0. The first kappa shape index (κ1) is 19.8. The number of ether oxygens (including phenoxy) is 1. The van der Waals surface area contributed by atoms with Crippen LogP contribution in [0, 0.1) is 12.8 Å². The van der Waals surface area contributed by atoms with Crippen LogP contribution in [0.3, 0.4) is 0 Å². The zero-order chi connectivity index (χ0) is 15.8. The number of benzene rings is 1. The van der Waals surface area contributed by atoms with Crippen LogP contribution in [0.15, 0.2) is 18.2 Å². The van der Waals surface area contributed by atoms with Gasteiger partial charge in [-0.2, -0.15) is 0 Å². The third-order valence-corrected chi connectivity index (χ3v) is 4.10. The van der Waals surface area contributed by atoms with Gasteiger partial charge in [-0.3, -0.25) is 4.79 Å². The molecule has 0 radical (unpaired) electrons. The topological polar surface area (TPSA) is 50.4 Å². The highest BCUT2D eigenvalue weighted by atomic mass is 35.5. The minimum atomic E-state index is 0. The van der Waals surface area contributed by atoms with Gasteiger partial charge in [-0.15, -0.1) is 12.4 Å². The van der Waals surface area contributed by atoms with Gasteiger partial charge >= 0.3 is 0 Å². The van der Waals surface area contributed by atoms with Crippen molar-refractivity contribution in [2.75, 3.05) is 19.7 Å². The fraction of sp³-hybridized carbons (Fsp3) is 0.611. The Balaban J connectivity index is 0.00000264. The van der Waals surface area contributed by atoms with E-state index in [2.05, 4.69) is 30.5 Å². The van der Waals surface area contributed by atoms with Crippen molar-refractivity contribution in [3.63, 3.8) is 0 Å². The van der Waals surface area contributed by atoms with Crippen LogP contribution in [-0.2, 0) is 11.3 Å². The van der Waals surface area contributed by atoms with Crippen LogP contribution in [-0.4, -0.2) is 25.6 Å². The lowest BCUT2D eigenvalue weighted by Gasteiger charge is -2.13. The molecule has 2 rings (SSSR count). The van der Waals surface area contributed by atoms with Crippen LogP contribution in [0.2, 0.25) is 0 Å². The number of hydrogen-bond donors (Lipinski definition) is 2. The van der Waals surface area contributed by atoms with Gasteiger partial charge in [0.15, 0.2) is 0 Å². The van der Waals surface area contributed by atoms with Crippen molar-refractivity contribution < 1.29 is 9.53 Å². The molecule has 1 saturated heterocycles. The summed E-state index contributed by atoms with van der Waals surface area (Å²) in [6.45, 7) is 7.54. The largest absolute Gasteiger partial charge is 0.493 e. The summed E-state index contributed by atoms with van der Waals surface area (Å²) in [6, 6.07) is 6.15. The number of hydrogen-bond acceptors (Lipinski definition) is 3. The molecule has 1 unspecified atom stereocenters. The lowest BCUT2D eigenvalue weighted by molar-refractivity contribution is -0.121. The molecule has 1 aliphatic rings. The molecule has 130 valence electrons. The molecule has 1 aromatic rings. The number of halogens is 1. The van der Waals surface area contributed by atoms with Crippen LogP contribution in [0.1, 0.15) is 43.7 Å². The van der Waals surface area contributed by atoms with Gasteiger partial charge in [0.2, 0.25) is 5.91 Å². The minimum absolute atomic E-state index is 0. The van der Waals surface area contributed by atoms with Gasteiger partial charge in [0, 0.05) is 18.5 Å². The smallest absolute Gasteiger partial charge is 0.220 e. The fourth-order valence-corrected chi connectivity index (χ4v) is 2.73. The van der Waals surface area contributed by atoms with Gasteiger partial charge in [-0.25, -0.2) is 0 Å². The van der Waals surface area contributed by atoms with Gasteiger partial charge in [-0.1, -0.05) is 19.1 Å². The van der Waals surface area contributed by atoms with Gasteiger partial charge in [0.1, 0.15) is 5.75 Å². The number of amides is 1. The Kier molecular flexibility index (Phi) is 9.03. The Labute approximate surface area is 145 Å². The van der Waals surface area contributed by atoms with Gasteiger partial charge in [-0.05, 0) is 56.8 Å². The normalized spacial score (nSPS) is 16.7. The minimum Gasteiger partial charge on any atom is -0.493 e. The first-order valence-corrected chi connectivity index (χ1v) is 8.38. The monoisotopic (exact) mass is 340 g/mol. The molecule has 23 heavy (non-hydrogen) atoms. The standard InChI is InChI=1S/C18H28N2O2.ClH/c1-3-10-22-17-11-14(2)4-6-16(17)13-20-18(21)7-5-15-8-9-19-12-15;/h4,6,11,15,19H,3,5,7-10,12-13H2,1-2H3,(H,20,21);1H. The number of carbonyl (C=O) groups excluding carboxylic acids is 1. The van der Waals surface area contributed by atoms with E-state index in [1.807, 2.05) is 12.1 Å². The zero-order valence-corrected chi connectivity index (χ0v) is 15.0. The van der Waals surface area contributed by atoms with Crippen LogP contribution in [0.4, 0.5) is 0 Å². The van der Waals surface area contributed by atoms with E-state index in [1.165, 1.54) is 12.0 Å². The lowest BCUT2D eigenvalue weighted by Crippen LogP contribution is -2.24. The molecule has 0 saturated carbocycles. The maximum Gasteiger partial charge on any atom is 0.220 e. The maximum absolute atomic E-state index is 12.0. The molecule has 0 spiro atoms. The van der Waals surface area contributed by atoms with Crippen molar-refractivity contribution in [1.29, 1.82) is 0 Å². The fourth-order valence-electron chi connectivity index (χ4n) is 2.73. The van der Waals surface area contributed by atoms with Gasteiger partial charge in [0.25, 0.3) is 0 Å². The molecule has 2 N–H and O–H groups in total. The van der Waals surface area contributed by atoms with E-state index in [0.29, 0.717) is 25.5 Å². The van der Waals surface area contributed by atoms with Crippen molar-refractivity contribution in [2.45, 2.75) is 46.1 Å². The van der Waals surface area contributed by atoms with Crippen molar-refractivity contribution >= 4 is 18.3 Å². The Morgan fingerprint density at radius 1 is 1.43 bits per heavy atom. The van der Waals surface area contributed by atoms with Crippen molar-refractivity contribution in [2.24, 2.45) is 5.92 Å². The molecule has 5 heteroatoms. The highest BCUT2D eigenvalue weighted by Gasteiger charge is 2.15. The average molecular weight is 341 g/mol. The molecule has 1 amide bonds. The third kappa shape index (κ3) is 6.80. The van der Waals surface area contributed by atoms with E-state index in [-0.39, 0.29) is 18.3 Å². The summed E-state index contributed by atoms with van der Waals surface area (Å²) in [6.07, 6.45) is 3.77. The Morgan fingerprint density at radius 2 is 2.26 bits per heavy atom. The molecule has 4 nitrogen and oxygen atoms in total. The van der Waals surface area contributed by atoms with E-state index < -0.39 is 0 Å². The summed E-state index contributed by atoms with van der Waals surface area (Å²) in [4.78, 5) is 12.0. The van der Waals surface area contributed by atoms with Crippen molar-refractivity contribution in [3.05, 3.63) is 29.3 Å². The summed E-state index contributed by atoms with van der Waals surface area (Å²) in [5, 5.41) is 6.36. The molecule has 1 fully saturated rings. The van der Waals surface area contributed by atoms with Crippen LogP contribution in [0.5, 0.6) is 5.75 Å². The molecule has 1 atom stereocenters. The first-order chi connectivity index (χ1) is 10.7. The lowest BCUT2D eigenvalue weighted by atomic mass is 10.0. The summed E-state index contributed by atoms with van der Waals surface area (Å²) in [5.74, 6) is 1.68. The second-order valence-electron chi connectivity index (χ2n) is 6.13. The summed E-state index contributed by atoms with van der Waals surface area (Å²) >= 11 is 0. The highest BCUT2D eigenvalue weighted by Crippen LogP contribution is 2.21. The summed E-state index contributed by atoms with van der Waals surface area (Å²) < 4.78 is 5.78. The first-order valence-electron chi connectivity index (χ1n) is 8.38. The Hall–Kier alpha value is -1.26. The van der Waals surface area contributed by atoms with Crippen LogP contribution in [0.25, 0.3) is 0 Å². The predicted octanol–water partition coefficient (Wildman–Crippen LogP) is 3.21. The summed E-state index contributed by atoms with van der Waals surface area (Å²) in [5.41, 5.74) is 2.23. The van der Waals surface area contributed by atoms with E-state index in [0.717, 1.165) is 37.2 Å². The zero-order valence-electron chi connectivity index (χ0n) is 14.2. The second-order valence-corrected chi connectivity index (χ2v) is 6.13. The Morgan fingerprint density at radius 3 is 2.96 bits per heavy atom. The molecule has 1 aliphatic heterocycles. The molecule has 0 aliphatic carbocycles. The second kappa shape index (κ2) is 10.5. The molecule has 0 bridgehead atoms. The van der Waals surface area contributed by atoms with Crippen LogP contribution >= 0.6 is 12.4 Å². The third-order valence-electron chi connectivity index (χ3n) is 4.10. The Bertz CT molecular complexity index is 488. The average Bonchev–Trinajstić information content (AvgIpc) is 3.03. The van der Waals surface area contributed by atoms with Gasteiger partial charge in [0.05, 0.1) is 6.61 Å². The molecule has 0 aromatic heterocycles. The number of rotatable bonds is 8. The summed E-state index contributed by atoms with van der Waals surface area (Å²) in [7, 11) is 0. The number of nitrogens with one attached hydrogen (secondary N) is 2. The molecule has 1 aromatic carbocycles. The van der Waals surface area contributed by atoms with E-state index in [4.69, 9.17) is 4.74 Å². The van der Waals surface area contributed by atoms with Gasteiger partial charge < -0.3 is 15.4 Å². The molecule has 1 heterocycles. The van der Waals surface area contributed by atoms with E-state index in [9.17, 15) is 4.79 Å².